The van der Waals surface area contributed by atoms with Crippen molar-refractivity contribution in [3.63, 3.8) is 0 Å². The monoisotopic (exact) mass is 409 g/mol. The minimum atomic E-state index is 0.374. The zero-order chi connectivity index (χ0) is 21.0. The van der Waals surface area contributed by atoms with Crippen molar-refractivity contribution < 1.29 is 9.47 Å². The maximum absolute atomic E-state index is 5.72. The molecule has 0 radical (unpaired) electrons. The fourth-order valence-corrected chi connectivity index (χ4v) is 4.11. The molecule has 5 heteroatoms. The molecule has 0 bridgehead atoms. The van der Waals surface area contributed by atoms with Gasteiger partial charge in [-0.25, -0.2) is 0 Å². The van der Waals surface area contributed by atoms with Gasteiger partial charge < -0.3 is 19.7 Å². The van der Waals surface area contributed by atoms with Crippen LogP contribution in [0.15, 0.2) is 65.7 Å². The number of likely N-dealkylation sites (tertiary alicyclic amines) is 1. The van der Waals surface area contributed by atoms with Crippen LogP contribution in [-0.4, -0.2) is 64.5 Å². The molecule has 5 nitrogen and oxygen atoms in total. The zero-order valence-corrected chi connectivity index (χ0v) is 18.3. The maximum Gasteiger partial charge on any atom is 0.193 e. The van der Waals surface area contributed by atoms with E-state index in [-0.39, 0.29) is 0 Å². The summed E-state index contributed by atoms with van der Waals surface area (Å²) in [6.07, 6.45) is 2.16. The predicted molar refractivity (Wildman–Crippen MR) is 123 cm³/mol. The molecule has 1 saturated heterocycles. The molecule has 162 valence electrons. The minimum absolute atomic E-state index is 0.374. The summed E-state index contributed by atoms with van der Waals surface area (Å²) in [6.45, 7) is 5.02. The number of nitrogens with zero attached hydrogens (tertiary/aromatic N) is 2. The number of guanidine groups is 1. The summed E-state index contributed by atoms with van der Waals surface area (Å²) in [5.74, 6) is 1.93. The third-order valence-corrected chi connectivity index (χ3v) is 5.70. The predicted octanol–water partition coefficient (Wildman–Crippen LogP) is 3.77. The Hall–Kier alpha value is -2.37. The molecule has 30 heavy (non-hydrogen) atoms. The van der Waals surface area contributed by atoms with Crippen molar-refractivity contribution in [3.05, 3.63) is 71.8 Å². The highest BCUT2D eigenvalue weighted by molar-refractivity contribution is 5.80. The molecule has 1 unspecified atom stereocenters. The van der Waals surface area contributed by atoms with Gasteiger partial charge in [0.15, 0.2) is 5.96 Å². The standard InChI is InChI=1S/C25H35N3O2/c1-26-25(28-16-14-21(19-28)20-30-18-17-29-2)27-15-13-24(22-9-5-3-6-10-22)23-11-7-4-8-12-23/h3-12,21,24H,13-20H2,1-2H3,(H,26,27). The second kappa shape index (κ2) is 12.4. The molecule has 1 aliphatic heterocycles. The van der Waals surface area contributed by atoms with Gasteiger partial charge in [-0.05, 0) is 24.0 Å². The Bertz CT molecular complexity index is 712. The molecule has 1 fully saturated rings. The van der Waals surface area contributed by atoms with E-state index in [2.05, 4.69) is 75.9 Å². The van der Waals surface area contributed by atoms with Gasteiger partial charge in [0.25, 0.3) is 0 Å². The number of benzene rings is 2. The summed E-state index contributed by atoms with van der Waals surface area (Å²) in [5, 5.41) is 3.59. The second-order valence-electron chi connectivity index (χ2n) is 7.81. The third kappa shape index (κ3) is 6.57. The Labute approximate surface area is 181 Å². The smallest absolute Gasteiger partial charge is 0.193 e. The molecule has 1 atom stereocenters. The first kappa shape index (κ1) is 22.3. The number of nitrogens with one attached hydrogen (secondary N) is 1. The number of hydrogen-bond acceptors (Lipinski definition) is 3. The molecule has 0 amide bonds. The lowest BCUT2D eigenvalue weighted by molar-refractivity contribution is 0.0536. The van der Waals surface area contributed by atoms with E-state index in [0.29, 0.717) is 25.0 Å². The van der Waals surface area contributed by atoms with Crippen molar-refractivity contribution in [1.29, 1.82) is 0 Å². The molecule has 1 heterocycles. The van der Waals surface area contributed by atoms with Gasteiger partial charge in [0.1, 0.15) is 0 Å². The molecular formula is C25H35N3O2. The van der Waals surface area contributed by atoms with E-state index in [1.54, 1.807) is 7.11 Å². The largest absolute Gasteiger partial charge is 0.382 e. The molecular weight excluding hydrogens is 374 g/mol. The number of aliphatic imine (C=N–C) groups is 1. The van der Waals surface area contributed by atoms with Crippen molar-refractivity contribution in [2.24, 2.45) is 10.9 Å². The van der Waals surface area contributed by atoms with E-state index >= 15 is 0 Å². The molecule has 2 aromatic carbocycles. The van der Waals surface area contributed by atoms with Crippen LogP contribution in [0.25, 0.3) is 0 Å². The number of methoxy groups -OCH3 is 1. The van der Waals surface area contributed by atoms with Gasteiger partial charge in [0.2, 0.25) is 0 Å². The molecule has 0 aromatic heterocycles. The van der Waals surface area contributed by atoms with Crippen molar-refractivity contribution >= 4 is 5.96 Å². The summed E-state index contributed by atoms with van der Waals surface area (Å²) in [4.78, 5) is 6.88. The van der Waals surface area contributed by atoms with Crippen LogP contribution in [0.2, 0.25) is 0 Å². The van der Waals surface area contributed by atoms with Crippen LogP contribution in [-0.2, 0) is 9.47 Å². The Morgan fingerprint density at radius 1 is 1.07 bits per heavy atom. The summed E-state index contributed by atoms with van der Waals surface area (Å²) in [5.41, 5.74) is 2.71. The number of ether oxygens (including phenoxy) is 2. The van der Waals surface area contributed by atoms with Crippen molar-refractivity contribution in [2.75, 3.05) is 53.6 Å². The topological polar surface area (TPSA) is 46.1 Å². The first-order valence-corrected chi connectivity index (χ1v) is 10.9. The van der Waals surface area contributed by atoms with Gasteiger partial charge >= 0.3 is 0 Å². The van der Waals surface area contributed by atoms with Crippen LogP contribution < -0.4 is 5.32 Å². The van der Waals surface area contributed by atoms with Crippen LogP contribution >= 0.6 is 0 Å². The van der Waals surface area contributed by atoms with Crippen LogP contribution in [0.3, 0.4) is 0 Å². The molecule has 0 aliphatic carbocycles. The maximum atomic E-state index is 5.72. The van der Waals surface area contributed by atoms with Crippen molar-refractivity contribution in [1.82, 2.24) is 10.2 Å². The summed E-state index contributed by atoms with van der Waals surface area (Å²) in [6, 6.07) is 21.5. The van der Waals surface area contributed by atoms with Gasteiger partial charge in [-0.15, -0.1) is 0 Å². The highest BCUT2D eigenvalue weighted by Gasteiger charge is 2.25. The fourth-order valence-electron chi connectivity index (χ4n) is 4.11. The summed E-state index contributed by atoms with van der Waals surface area (Å²) < 4.78 is 10.8. The van der Waals surface area contributed by atoms with Crippen LogP contribution in [0.5, 0.6) is 0 Å². The van der Waals surface area contributed by atoms with Gasteiger partial charge in [-0.2, -0.15) is 0 Å². The average Bonchev–Trinajstić information content (AvgIpc) is 3.27. The fraction of sp³-hybridized carbons (Fsp3) is 0.480. The van der Waals surface area contributed by atoms with E-state index in [4.69, 9.17) is 9.47 Å². The lowest BCUT2D eigenvalue weighted by atomic mass is 9.88. The first-order chi connectivity index (χ1) is 14.8. The van der Waals surface area contributed by atoms with Gasteiger partial charge in [0.05, 0.1) is 19.8 Å². The highest BCUT2D eigenvalue weighted by Crippen LogP contribution is 2.27. The van der Waals surface area contributed by atoms with E-state index in [1.165, 1.54) is 11.1 Å². The van der Waals surface area contributed by atoms with E-state index < -0.39 is 0 Å². The quantitative estimate of drug-likeness (QED) is 0.369. The Balaban J connectivity index is 1.52. The van der Waals surface area contributed by atoms with Crippen LogP contribution in [0.4, 0.5) is 0 Å². The second-order valence-corrected chi connectivity index (χ2v) is 7.81. The Kier molecular flexibility index (Phi) is 9.19. The lowest BCUT2D eigenvalue weighted by Crippen LogP contribution is -2.41. The van der Waals surface area contributed by atoms with Gasteiger partial charge in [-0.3, -0.25) is 4.99 Å². The molecule has 2 aromatic rings. The molecule has 3 rings (SSSR count). The minimum Gasteiger partial charge on any atom is -0.382 e. The molecule has 1 N–H and O–H groups in total. The lowest BCUT2D eigenvalue weighted by Gasteiger charge is -2.24. The normalized spacial score (nSPS) is 17.0. The van der Waals surface area contributed by atoms with Gasteiger partial charge in [0, 0.05) is 45.6 Å². The van der Waals surface area contributed by atoms with Gasteiger partial charge in [-0.1, -0.05) is 60.7 Å². The molecule has 1 aliphatic rings. The Morgan fingerprint density at radius 3 is 2.33 bits per heavy atom. The Morgan fingerprint density at radius 2 is 1.73 bits per heavy atom. The summed E-state index contributed by atoms with van der Waals surface area (Å²) in [7, 11) is 3.58. The summed E-state index contributed by atoms with van der Waals surface area (Å²) >= 11 is 0. The first-order valence-electron chi connectivity index (χ1n) is 10.9. The van der Waals surface area contributed by atoms with Crippen molar-refractivity contribution in [2.45, 2.75) is 18.8 Å². The third-order valence-electron chi connectivity index (χ3n) is 5.70. The average molecular weight is 410 g/mol. The van der Waals surface area contributed by atoms with E-state index in [1.807, 2.05) is 7.05 Å². The zero-order valence-electron chi connectivity index (χ0n) is 18.3. The number of rotatable bonds is 10. The highest BCUT2D eigenvalue weighted by atomic mass is 16.5. The van der Waals surface area contributed by atoms with E-state index in [9.17, 15) is 0 Å². The number of hydrogen-bond donors (Lipinski definition) is 1. The van der Waals surface area contributed by atoms with Crippen molar-refractivity contribution in [3.8, 4) is 0 Å². The molecule has 0 spiro atoms. The van der Waals surface area contributed by atoms with E-state index in [0.717, 1.165) is 45.0 Å². The molecule has 0 saturated carbocycles. The SMILES string of the molecule is CN=C(NCCC(c1ccccc1)c1ccccc1)N1CCC(COCCOC)C1. The van der Waals surface area contributed by atoms with Crippen LogP contribution in [0.1, 0.15) is 29.9 Å². The van der Waals surface area contributed by atoms with Crippen LogP contribution in [0, 0.1) is 5.92 Å².